The van der Waals surface area contributed by atoms with E-state index >= 15 is 0 Å². The second kappa shape index (κ2) is 8.49. The van der Waals surface area contributed by atoms with Crippen molar-refractivity contribution in [2.45, 2.75) is 19.3 Å². The number of hydrogen-bond acceptors (Lipinski definition) is 3. The van der Waals surface area contributed by atoms with Crippen LogP contribution < -0.4 is 10.0 Å². The summed E-state index contributed by atoms with van der Waals surface area (Å²) in [5, 5.41) is 2.84. The Morgan fingerprint density at radius 3 is 2.33 bits per heavy atom. The Morgan fingerprint density at radius 2 is 1.62 bits per heavy atom. The second-order valence-corrected chi connectivity index (χ2v) is 7.37. The van der Waals surface area contributed by atoms with Gasteiger partial charge in [0.2, 0.25) is 10.0 Å². The van der Waals surface area contributed by atoms with Crippen molar-refractivity contribution in [1.29, 1.82) is 0 Å². The van der Waals surface area contributed by atoms with Crippen molar-refractivity contribution in [1.82, 2.24) is 5.32 Å². The summed E-state index contributed by atoms with van der Waals surface area (Å²) in [4.78, 5) is 12.2. The van der Waals surface area contributed by atoms with Crippen molar-refractivity contribution < 1.29 is 13.2 Å². The number of aryl methyl sites for hydroxylation is 1. The van der Waals surface area contributed by atoms with Gasteiger partial charge >= 0.3 is 0 Å². The van der Waals surface area contributed by atoms with Crippen molar-refractivity contribution in [2.24, 2.45) is 0 Å². The summed E-state index contributed by atoms with van der Waals surface area (Å²) in [5.74, 6) is -0.276. The first-order valence-electron chi connectivity index (χ1n) is 7.84. The molecule has 24 heavy (non-hydrogen) atoms. The predicted octanol–water partition coefficient (Wildman–Crippen LogP) is 2.81. The topological polar surface area (TPSA) is 75.3 Å². The van der Waals surface area contributed by atoms with Gasteiger partial charge in [-0.3, -0.25) is 9.52 Å². The molecule has 0 unspecified atom stereocenters. The molecule has 0 saturated carbocycles. The van der Waals surface area contributed by atoms with Crippen molar-refractivity contribution >= 4 is 21.6 Å². The van der Waals surface area contributed by atoms with Crippen LogP contribution in [0, 0.1) is 0 Å². The third-order valence-corrected chi connectivity index (χ3v) is 4.08. The van der Waals surface area contributed by atoms with Crippen LogP contribution in [0.2, 0.25) is 0 Å². The van der Waals surface area contributed by atoms with Crippen molar-refractivity contribution in [3.05, 3.63) is 65.7 Å². The highest BCUT2D eigenvalue weighted by molar-refractivity contribution is 7.92. The van der Waals surface area contributed by atoms with Crippen LogP contribution in [0.4, 0.5) is 5.69 Å². The number of anilines is 1. The summed E-state index contributed by atoms with van der Waals surface area (Å²) < 4.78 is 25.1. The molecular weight excluding hydrogens is 324 g/mol. The molecule has 0 atom stereocenters. The Hall–Kier alpha value is -2.34. The number of hydrogen-bond donors (Lipinski definition) is 2. The molecule has 0 aromatic heterocycles. The third-order valence-electron chi connectivity index (χ3n) is 3.49. The molecule has 2 aromatic carbocycles. The van der Waals surface area contributed by atoms with E-state index < -0.39 is 10.0 Å². The number of para-hydroxylation sites is 1. The Balaban J connectivity index is 1.82. The Morgan fingerprint density at radius 1 is 0.958 bits per heavy atom. The summed E-state index contributed by atoms with van der Waals surface area (Å²) in [6.45, 7) is 0.554. The molecule has 5 nitrogen and oxygen atoms in total. The number of benzene rings is 2. The normalized spacial score (nSPS) is 11.0. The van der Waals surface area contributed by atoms with Crippen LogP contribution in [0.1, 0.15) is 28.8 Å². The van der Waals surface area contributed by atoms with Crippen LogP contribution in [0.15, 0.2) is 54.6 Å². The van der Waals surface area contributed by atoms with Gasteiger partial charge in [0.1, 0.15) is 0 Å². The molecule has 6 heteroatoms. The van der Waals surface area contributed by atoms with E-state index in [9.17, 15) is 13.2 Å². The number of sulfonamides is 1. The molecule has 0 spiro atoms. The Labute approximate surface area is 143 Å². The summed E-state index contributed by atoms with van der Waals surface area (Å²) >= 11 is 0. The van der Waals surface area contributed by atoms with Gasteiger partial charge < -0.3 is 5.32 Å². The van der Waals surface area contributed by atoms with Gasteiger partial charge in [-0.25, -0.2) is 8.42 Å². The highest BCUT2D eigenvalue weighted by Gasteiger charge is 2.12. The van der Waals surface area contributed by atoms with E-state index in [0.29, 0.717) is 17.8 Å². The van der Waals surface area contributed by atoms with Crippen LogP contribution in [-0.4, -0.2) is 27.1 Å². The third kappa shape index (κ3) is 6.04. The lowest BCUT2D eigenvalue weighted by molar-refractivity contribution is 0.0954. The minimum Gasteiger partial charge on any atom is -0.352 e. The van der Waals surface area contributed by atoms with Crippen molar-refractivity contribution in [2.75, 3.05) is 17.5 Å². The summed E-state index contributed by atoms with van der Waals surface area (Å²) in [6.07, 6.45) is 3.88. The van der Waals surface area contributed by atoms with Gasteiger partial charge in [-0.1, -0.05) is 42.5 Å². The van der Waals surface area contributed by atoms with E-state index in [2.05, 4.69) is 22.2 Å². The molecule has 0 heterocycles. The minimum atomic E-state index is -3.42. The molecule has 0 aliphatic carbocycles. The zero-order valence-electron chi connectivity index (χ0n) is 13.7. The molecule has 128 valence electrons. The van der Waals surface area contributed by atoms with Gasteiger partial charge in [0.25, 0.3) is 5.91 Å². The van der Waals surface area contributed by atoms with Gasteiger partial charge in [0.05, 0.1) is 17.5 Å². The number of carbonyl (C=O) groups is 1. The molecule has 2 N–H and O–H groups in total. The summed E-state index contributed by atoms with van der Waals surface area (Å²) in [6, 6.07) is 16.8. The highest BCUT2D eigenvalue weighted by Crippen LogP contribution is 2.16. The van der Waals surface area contributed by atoms with Crippen LogP contribution in [0.3, 0.4) is 0 Å². The average Bonchev–Trinajstić information content (AvgIpc) is 2.54. The first kappa shape index (κ1) is 18.0. The average molecular weight is 346 g/mol. The fourth-order valence-corrected chi connectivity index (χ4v) is 2.94. The molecule has 2 rings (SSSR count). The van der Waals surface area contributed by atoms with E-state index in [-0.39, 0.29) is 5.91 Å². The molecule has 0 fully saturated rings. The molecule has 0 aliphatic heterocycles. The SMILES string of the molecule is CS(=O)(=O)Nc1ccccc1C(=O)NCCCCc1ccccc1. The predicted molar refractivity (Wildman–Crippen MR) is 96.6 cm³/mol. The highest BCUT2D eigenvalue weighted by atomic mass is 32.2. The van der Waals surface area contributed by atoms with Gasteiger partial charge in [0, 0.05) is 6.54 Å². The standard InChI is InChI=1S/C18H22N2O3S/c1-24(22,23)20-17-13-6-5-12-16(17)18(21)19-14-8-7-11-15-9-3-2-4-10-15/h2-6,9-10,12-13,20H,7-8,11,14H2,1H3,(H,19,21). The molecular formula is C18H22N2O3S. The zero-order valence-corrected chi connectivity index (χ0v) is 14.5. The van der Waals surface area contributed by atoms with Crippen molar-refractivity contribution in [3.8, 4) is 0 Å². The lowest BCUT2D eigenvalue weighted by atomic mass is 10.1. The first-order chi connectivity index (χ1) is 11.5. The Kier molecular flexibility index (Phi) is 6.37. The largest absolute Gasteiger partial charge is 0.352 e. The quantitative estimate of drug-likeness (QED) is 0.722. The fourth-order valence-electron chi connectivity index (χ4n) is 2.37. The molecule has 0 saturated heterocycles. The zero-order chi connectivity index (χ0) is 17.4. The number of nitrogens with one attached hydrogen (secondary N) is 2. The summed E-state index contributed by atoms with van der Waals surface area (Å²) in [7, 11) is -3.42. The van der Waals surface area contributed by atoms with E-state index in [4.69, 9.17) is 0 Å². The van der Waals surface area contributed by atoms with Gasteiger partial charge in [-0.2, -0.15) is 0 Å². The van der Waals surface area contributed by atoms with E-state index in [0.717, 1.165) is 25.5 Å². The van der Waals surface area contributed by atoms with Crippen LogP contribution in [0.5, 0.6) is 0 Å². The smallest absolute Gasteiger partial charge is 0.253 e. The number of rotatable bonds is 8. The molecule has 0 radical (unpaired) electrons. The molecule has 1 amide bonds. The van der Waals surface area contributed by atoms with Gasteiger partial charge in [-0.05, 0) is 37.0 Å². The maximum absolute atomic E-state index is 12.2. The van der Waals surface area contributed by atoms with E-state index in [1.807, 2.05) is 18.2 Å². The molecule has 0 aliphatic rings. The molecule has 0 bridgehead atoms. The minimum absolute atomic E-state index is 0.276. The maximum Gasteiger partial charge on any atom is 0.253 e. The molecule has 2 aromatic rings. The lowest BCUT2D eigenvalue weighted by Crippen LogP contribution is -2.26. The number of unbranched alkanes of at least 4 members (excludes halogenated alkanes) is 1. The van der Waals surface area contributed by atoms with Crippen LogP contribution >= 0.6 is 0 Å². The second-order valence-electron chi connectivity index (χ2n) is 5.62. The van der Waals surface area contributed by atoms with Gasteiger partial charge in [-0.15, -0.1) is 0 Å². The maximum atomic E-state index is 12.2. The Bertz CT molecular complexity index is 774. The lowest BCUT2D eigenvalue weighted by Gasteiger charge is -2.11. The monoisotopic (exact) mass is 346 g/mol. The summed E-state index contributed by atoms with van der Waals surface area (Å²) in [5.41, 5.74) is 1.90. The van der Waals surface area contributed by atoms with E-state index in [1.54, 1.807) is 24.3 Å². The van der Waals surface area contributed by atoms with Crippen LogP contribution in [-0.2, 0) is 16.4 Å². The van der Waals surface area contributed by atoms with Crippen LogP contribution in [0.25, 0.3) is 0 Å². The number of amides is 1. The van der Waals surface area contributed by atoms with E-state index in [1.165, 1.54) is 5.56 Å². The first-order valence-corrected chi connectivity index (χ1v) is 9.74. The van der Waals surface area contributed by atoms with Gasteiger partial charge in [0.15, 0.2) is 0 Å². The van der Waals surface area contributed by atoms with Crippen molar-refractivity contribution in [3.63, 3.8) is 0 Å². The number of carbonyl (C=O) groups excluding carboxylic acids is 1. The fraction of sp³-hybridized carbons (Fsp3) is 0.278.